The van der Waals surface area contributed by atoms with E-state index in [9.17, 15) is 0 Å². The molecule has 1 heterocycles. The lowest BCUT2D eigenvalue weighted by atomic mass is 10.0. The monoisotopic (exact) mass is 416 g/mol. The first-order chi connectivity index (χ1) is 8.58. The van der Waals surface area contributed by atoms with E-state index in [-0.39, 0.29) is 6.04 Å². The van der Waals surface area contributed by atoms with Crippen LogP contribution in [0, 0.1) is 10.5 Å². The maximum Gasteiger partial charge on any atom is 0.0451 e. The van der Waals surface area contributed by atoms with E-state index in [0.717, 1.165) is 22.2 Å². The van der Waals surface area contributed by atoms with E-state index in [1.54, 1.807) is 0 Å². The number of aromatic nitrogens is 1. The summed E-state index contributed by atoms with van der Waals surface area (Å²) >= 11 is 5.86. The summed E-state index contributed by atoms with van der Waals surface area (Å²) < 4.78 is 2.25. The molecule has 94 valence electrons. The number of benzene rings is 1. The van der Waals surface area contributed by atoms with Crippen molar-refractivity contribution in [1.29, 1.82) is 0 Å². The van der Waals surface area contributed by atoms with E-state index in [4.69, 9.17) is 5.73 Å². The fourth-order valence-corrected chi connectivity index (χ4v) is 2.91. The van der Waals surface area contributed by atoms with Gasteiger partial charge in [0, 0.05) is 32.4 Å². The second-order valence-electron chi connectivity index (χ2n) is 4.24. The highest BCUT2D eigenvalue weighted by molar-refractivity contribution is 14.1. The van der Waals surface area contributed by atoms with Crippen LogP contribution in [-0.2, 0) is 6.42 Å². The van der Waals surface area contributed by atoms with Gasteiger partial charge in [0.25, 0.3) is 0 Å². The Hall–Kier alpha value is -0.460. The summed E-state index contributed by atoms with van der Waals surface area (Å²) in [7, 11) is 0. The van der Waals surface area contributed by atoms with Gasteiger partial charge >= 0.3 is 0 Å². The fraction of sp³-hybridized carbons (Fsp3) is 0.214. The van der Waals surface area contributed by atoms with Crippen molar-refractivity contribution >= 4 is 38.5 Å². The maximum absolute atomic E-state index is 6.29. The Morgan fingerprint density at radius 3 is 2.89 bits per heavy atom. The Bertz CT molecular complexity index is 557. The van der Waals surface area contributed by atoms with Crippen LogP contribution in [0.15, 0.2) is 41.0 Å². The third-order valence-corrected chi connectivity index (χ3v) is 4.28. The molecule has 18 heavy (non-hydrogen) atoms. The van der Waals surface area contributed by atoms with E-state index in [2.05, 4.69) is 68.6 Å². The minimum Gasteiger partial charge on any atom is -0.324 e. The summed E-state index contributed by atoms with van der Waals surface area (Å²) in [6.07, 6.45) is 2.57. The molecule has 2 rings (SSSR count). The molecule has 1 aromatic carbocycles. The van der Waals surface area contributed by atoms with Crippen LogP contribution in [0.25, 0.3) is 0 Å². The summed E-state index contributed by atoms with van der Waals surface area (Å²) in [4.78, 5) is 4.40. The maximum atomic E-state index is 6.29. The summed E-state index contributed by atoms with van der Waals surface area (Å²) in [5, 5.41) is 0. The minimum absolute atomic E-state index is 0.0392. The highest BCUT2D eigenvalue weighted by Gasteiger charge is 2.13. The first kappa shape index (κ1) is 14.0. The third-order valence-electron chi connectivity index (χ3n) is 2.89. The fourth-order valence-electron chi connectivity index (χ4n) is 1.85. The van der Waals surface area contributed by atoms with Gasteiger partial charge in [-0.05, 0) is 64.9 Å². The molecular weight excluding hydrogens is 403 g/mol. The van der Waals surface area contributed by atoms with Crippen molar-refractivity contribution in [3.63, 3.8) is 0 Å². The number of aryl methyl sites for hydroxylation is 1. The average Bonchev–Trinajstić information content (AvgIpc) is 2.35. The molecule has 1 atom stereocenters. The highest BCUT2D eigenvalue weighted by Crippen LogP contribution is 2.26. The van der Waals surface area contributed by atoms with Crippen molar-refractivity contribution in [2.24, 2.45) is 5.73 Å². The van der Waals surface area contributed by atoms with Crippen LogP contribution in [0.5, 0.6) is 0 Å². The zero-order valence-electron chi connectivity index (χ0n) is 10.0. The van der Waals surface area contributed by atoms with Crippen LogP contribution < -0.4 is 5.73 Å². The molecule has 0 aliphatic carbocycles. The molecule has 2 nitrogen and oxygen atoms in total. The van der Waals surface area contributed by atoms with Gasteiger partial charge in [0.15, 0.2) is 0 Å². The van der Waals surface area contributed by atoms with Crippen molar-refractivity contribution in [1.82, 2.24) is 4.98 Å². The van der Waals surface area contributed by atoms with Crippen molar-refractivity contribution < 1.29 is 0 Å². The molecule has 1 aromatic heterocycles. The molecule has 0 saturated heterocycles. The molecule has 0 aliphatic rings. The number of hydrogen-bond donors (Lipinski definition) is 1. The summed E-state index contributed by atoms with van der Waals surface area (Å²) in [6, 6.07) is 10.2. The lowest BCUT2D eigenvalue weighted by Gasteiger charge is -2.15. The van der Waals surface area contributed by atoms with Gasteiger partial charge in [0.2, 0.25) is 0 Å². The first-order valence-electron chi connectivity index (χ1n) is 5.69. The SMILES string of the molecule is Cc1cccnc1CC(N)c1cc(I)ccc1Br. The summed E-state index contributed by atoms with van der Waals surface area (Å²) in [5.41, 5.74) is 9.68. The molecule has 0 radical (unpaired) electrons. The topological polar surface area (TPSA) is 38.9 Å². The Labute approximate surface area is 129 Å². The second kappa shape index (κ2) is 6.12. The van der Waals surface area contributed by atoms with Gasteiger partial charge < -0.3 is 5.73 Å². The van der Waals surface area contributed by atoms with Gasteiger partial charge in [-0.3, -0.25) is 4.98 Å². The van der Waals surface area contributed by atoms with Crippen LogP contribution in [0.4, 0.5) is 0 Å². The number of pyridine rings is 1. The molecule has 0 spiro atoms. The van der Waals surface area contributed by atoms with Crippen molar-refractivity contribution in [2.45, 2.75) is 19.4 Å². The second-order valence-corrected chi connectivity index (χ2v) is 6.34. The smallest absolute Gasteiger partial charge is 0.0451 e. The molecule has 0 amide bonds. The van der Waals surface area contributed by atoms with Gasteiger partial charge in [-0.1, -0.05) is 22.0 Å². The Balaban J connectivity index is 2.25. The first-order valence-corrected chi connectivity index (χ1v) is 7.56. The summed E-state index contributed by atoms with van der Waals surface area (Å²) in [6.45, 7) is 2.07. The van der Waals surface area contributed by atoms with Crippen LogP contribution in [0.2, 0.25) is 0 Å². The lowest BCUT2D eigenvalue weighted by molar-refractivity contribution is 0.699. The van der Waals surface area contributed by atoms with E-state index in [1.807, 2.05) is 18.3 Å². The Morgan fingerprint density at radius 2 is 2.17 bits per heavy atom. The van der Waals surface area contributed by atoms with Gasteiger partial charge in [0.1, 0.15) is 0 Å². The molecule has 0 saturated carbocycles. The van der Waals surface area contributed by atoms with Crippen LogP contribution in [0.1, 0.15) is 22.9 Å². The average molecular weight is 417 g/mol. The predicted octanol–water partition coefficient (Wildman–Crippen LogP) is 4.00. The summed E-state index contributed by atoms with van der Waals surface area (Å²) in [5.74, 6) is 0. The number of nitrogens with two attached hydrogens (primary N) is 1. The number of halogens is 2. The number of rotatable bonds is 3. The lowest BCUT2D eigenvalue weighted by Crippen LogP contribution is -2.15. The zero-order valence-corrected chi connectivity index (χ0v) is 13.8. The molecule has 0 bridgehead atoms. The van der Waals surface area contributed by atoms with Gasteiger partial charge in [-0.15, -0.1) is 0 Å². The Morgan fingerprint density at radius 1 is 1.39 bits per heavy atom. The highest BCUT2D eigenvalue weighted by atomic mass is 127. The zero-order chi connectivity index (χ0) is 13.1. The van der Waals surface area contributed by atoms with Crippen LogP contribution in [0.3, 0.4) is 0 Å². The van der Waals surface area contributed by atoms with Crippen molar-refractivity contribution in [3.05, 3.63) is 61.4 Å². The molecule has 4 heteroatoms. The molecule has 2 aromatic rings. The van der Waals surface area contributed by atoms with Gasteiger partial charge in [-0.25, -0.2) is 0 Å². The van der Waals surface area contributed by atoms with Crippen LogP contribution in [-0.4, -0.2) is 4.98 Å². The normalized spacial score (nSPS) is 12.4. The van der Waals surface area contributed by atoms with Gasteiger partial charge in [0.05, 0.1) is 0 Å². The van der Waals surface area contributed by atoms with E-state index in [0.29, 0.717) is 0 Å². The van der Waals surface area contributed by atoms with Gasteiger partial charge in [-0.2, -0.15) is 0 Å². The van der Waals surface area contributed by atoms with Crippen molar-refractivity contribution in [2.75, 3.05) is 0 Å². The van der Waals surface area contributed by atoms with E-state index in [1.165, 1.54) is 9.13 Å². The molecule has 2 N–H and O–H groups in total. The van der Waals surface area contributed by atoms with Crippen LogP contribution >= 0.6 is 38.5 Å². The third kappa shape index (κ3) is 3.30. The van der Waals surface area contributed by atoms with Crippen molar-refractivity contribution in [3.8, 4) is 0 Å². The number of hydrogen-bond acceptors (Lipinski definition) is 2. The Kier molecular flexibility index (Phi) is 4.75. The standard InChI is InChI=1S/C14H14BrIN2/c1-9-3-2-6-18-14(9)8-13(17)11-7-10(16)4-5-12(11)15/h2-7,13H,8,17H2,1H3. The quantitative estimate of drug-likeness (QED) is 0.768. The molecular formula is C14H14BrIN2. The van der Waals surface area contributed by atoms with E-state index < -0.39 is 0 Å². The molecule has 0 aliphatic heterocycles. The van der Waals surface area contributed by atoms with E-state index >= 15 is 0 Å². The minimum atomic E-state index is -0.0392. The largest absolute Gasteiger partial charge is 0.324 e. The predicted molar refractivity (Wildman–Crippen MR) is 86.5 cm³/mol. The molecule has 1 unspecified atom stereocenters. The molecule has 0 fully saturated rings. The number of nitrogens with zero attached hydrogens (tertiary/aromatic N) is 1.